The highest BCUT2D eigenvalue weighted by molar-refractivity contribution is 5.92. The summed E-state index contributed by atoms with van der Waals surface area (Å²) >= 11 is 0. The van der Waals surface area contributed by atoms with Crippen molar-refractivity contribution in [2.75, 3.05) is 32.8 Å². The van der Waals surface area contributed by atoms with Crippen LogP contribution in [0, 0.1) is 0 Å². The standard InChI is InChI=1S/C22H30N2O5/c1-14-9-16-10-15(5-6-18(16)20(25)28-14)19-12-23-7-8-24(11-17(23)13-27-19)21(26)29-22(2,3)4/h5-6,10,14,17,19H,7-9,11-13H2,1-4H3/t14-,17+,19-/m1/s1. The van der Waals surface area contributed by atoms with Gasteiger partial charge < -0.3 is 19.1 Å². The van der Waals surface area contributed by atoms with Crippen molar-refractivity contribution in [1.82, 2.24) is 9.80 Å². The average molecular weight is 402 g/mol. The van der Waals surface area contributed by atoms with Crippen molar-refractivity contribution in [3.05, 3.63) is 34.9 Å². The molecule has 2 saturated heterocycles. The summed E-state index contributed by atoms with van der Waals surface area (Å²) in [5.74, 6) is -0.242. The summed E-state index contributed by atoms with van der Waals surface area (Å²) in [6.07, 6.45) is 0.356. The zero-order valence-corrected chi connectivity index (χ0v) is 17.6. The molecule has 1 aromatic carbocycles. The Morgan fingerprint density at radius 3 is 2.76 bits per heavy atom. The van der Waals surface area contributed by atoms with Crippen LogP contribution in [-0.2, 0) is 20.6 Å². The number of carbonyl (C=O) groups is 2. The van der Waals surface area contributed by atoms with E-state index in [1.807, 2.05) is 39.8 Å². The Morgan fingerprint density at radius 1 is 1.21 bits per heavy atom. The number of hydrogen-bond donors (Lipinski definition) is 0. The van der Waals surface area contributed by atoms with Gasteiger partial charge in [-0.2, -0.15) is 0 Å². The van der Waals surface area contributed by atoms with E-state index in [1.165, 1.54) is 0 Å². The third kappa shape index (κ3) is 4.41. The van der Waals surface area contributed by atoms with Crippen LogP contribution in [0.1, 0.15) is 55.3 Å². The normalized spacial score (nSPS) is 27.7. The lowest BCUT2D eigenvalue weighted by atomic mass is 9.94. The Morgan fingerprint density at radius 2 is 2.00 bits per heavy atom. The van der Waals surface area contributed by atoms with E-state index in [9.17, 15) is 9.59 Å². The lowest BCUT2D eigenvalue weighted by Crippen LogP contribution is -2.60. The molecule has 0 aliphatic carbocycles. The molecule has 7 nitrogen and oxygen atoms in total. The van der Waals surface area contributed by atoms with Crippen molar-refractivity contribution in [2.45, 2.75) is 58.0 Å². The molecule has 158 valence electrons. The molecule has 3 atom stereocenters. The van der Waals surface area contributed by atoms with Gasteiger partial charge >= 0.3 is 12.1 Å². The molecule has 7 heteroatoms. The number of fused-ring (bicyclic) bond motifs is 2. The number of carbonyl (C=O) groups excluding carboxylic acids is 2. The molecule has 3 aliphatic heterocycles. The van der Waals surface area contributed by atoms with Crippen LogP contribution in [0.3, 0.4) is 0 Å². The number of amides is 1. The lowest BCUT2D eigenvalue weighted by Gasteiger charge is -2.46. The highest BCUT2D eigenvalue weighted by Gasteiger charge is 2.37. The van der Waals surface area contributed by atoms with Gasteiger partial charge in [-0.05, 0) is 44.9 Å². The summed E-state index contributed by atoms with van der Waals surface area (Å²) < 4.78 is 17.0. The minimum Gasteiger partial charge on any atom is -0.459 e. The number of esters is 1. The summed E-state index contributed by atoms with van der Waals surface area (Å²) in [6.45, 7) is 11.0. The molecule has 4 rings (SSSR count). The van der Waals surface area contributed by atoms with Gasteiger partial charge in [0.05, 0.1) is 24.3 Å². The van der Waals surface area contributed by atoms with Crippen LogP contribution >= 0.6 is 0 Å². The Labute approximate surface area is 171 Å². The second kappa shape index (κ2) is 7.61. The second-order valence-electron chi connectivity index (χ2n) is 9.23. The summed E-state index contributed by atoms with van der Waals surface area (Å²) in [5.41, 5.74) is 2.30. The zero-order valence-electron chi connectivity index (χ0n) is 17.6. The van der Waals surface area contributed by atoms with E-state index in [0.717, 1.165) is 30.6 Å². The number of cyclic esters (lactones) is 1. The fraction of sp³-hybridized carbons (Fsp3) is 0.636. The number of morpholine rings is 1. The van der Waals surface area contributed by atoms with Crippen LogP contribution in [0.15, 0.2) is 18.2 Å². The van der Waals surface area contributed by atoms with E-state index in [1.54, 1.807) is 4.90 Å². The first kappa shape index (κ1) is 20.2. The van der Waals surface area contributed by atoms with Crippen LogP contribution in [0.5, 0.6) is 0 Å². The predicted molar refractivity (Wildman–Crippen MR) is 107 cm³/mol. The van der Waals surface area contributed by atoms with Crippen molar-refractivity contribution in [3.8, 4) is 0 Å². The van der Waals surface area contributed by atoms with Crippen molar-refractivity contribution in [3.63, 3.8) is 0 Å². The van der Waals surface area contributed by atoms with Crippen LogP contribution < -0.4 is 0 Å². The molecule has 0 bridgehead atoms. The highest BCUT2D eigenvalue weighted by atomic mass is 16.6. The Hall–Kier alpha value is -2.12. The van der Waals surface area contributed by atoms with Crippen molar-refractivity contribution >= 4 is 12.1 Å². The topological polar surface area (TPSA) is 68.3 Å². The van der Waals surface area contributed by atoms with E-state index < -0.39 is 5.60 Å². The molecule has 0 spiro atoms. The van der Waals surface area contributed by atoms with Crippen LogP contribution in [-0.4, -0.2) is 72.4 Å². The maximum absolute atomic E-state index is 12.4. The van der Waals surface area contributed by atoms with Crippen molar-refractivity contribution in [1.29, 1.82) is 0 Å². The number of benzene rings is 1. The van der Waals surface area contributed by atoms with Gasteiger partial charge in [0.15, 0.2) is 0 Å². The fourth-order valence-corrected chi connectivity index (χ4v) is 4.26. The van der Waals surface area contributed by atoms with Crippen molar-refractivity contribution < 1.29 is 23.8 Å². The van der Waals surface area contributed by atoms with Crippen LogP contribution in [0.2, 0.25) is 0 Å². The van der Waals surface area contributed by atoms with Crippen LogP contribution in [0.25, 0.3) is 0 Å². The number of rotatable bonds is 1. The molecule has 3 heterocycles. The SMILES string of the molecule is C[C@@H]1Cc2cc([C@H]3CN4CCN(C(=O)OC(C)(C)C)C[C@H]4CO3)ccc2C(=O)O1. The van der Waals surface area contributed by atoms with Gasteiger partial charge in [-0.3, -0.25) is 4.90 Å². The Kier molecular flexibility index (Phi) is 5.29. The van der Waals surface area contributed by atoms with Gasteiger partial charge in [0.1, 0.15) is 11.7 Å². The molecule has 0 aromatic heterocycles. The van der Waals surface area contributed by atoms with E-state index in [0.29, 0.717) is 25.3 Å². The van der Waals surface area contributed by atoms with Crippen LogP contribution in [0.4, 0.5) is 4.79 Å². The number of ether oxygens (including phenoxy) is 3. The third-order valence-corrected chi connectivity index (χ3v) is 5.68. The first-order valence-corrected chi connectivity index (χ1v) is 10.4. The van der Waals surface area contributed by atoms with E-state index in [-0.39, 0.29) is 30.3 Å². The van der Waals surface area contributed by atoms with Gasteiger partial charge in [0.2, 0.25) is 0 Å². The molecule has 0 unspecified atom stereocenters. The maximum Gasteiger partial charge on any atom is 0.410 e. The smallest absolute Gasteiger partial charge is 0.410 e. The minimum absolute atomic E-state index is 0.0297. The maximum atomic E-state index is 12.4. The summed E-state index contributed by atoms with van der Waals surface area (Å²) in [5, 5.41) is 0. The molecule has 1 aromatic rings. The monoisotopic (exact) mass is 402 g/mol. The summed E-state index contributed by atoms with van der Waals surface area (Å²) in [4.78, 5) is 28.6. The summed E-state index contributed by atoms with van der Waals surface area (Å²) in [7, 11) is 0. The van der Waals surface area contributed by atoms with Gasteiger partial charge in [0, 0.05) is 32.6 Å². The zero-order chi connectivity index (χ0) is 20.8. The number of hydrogen-bond acceptors (Lipinski definition) is 6. The number of piperazine rings is 1. The minimum atomic E-state index is -0.487. The molecule has 0 radical (unpaired) electrons. The first-order chi connectivity index (χ1) is 13.7. The van der Waals surface area contributed by atoms with E-state index in [2.05, 4.69) is 11.0 Å². The molecular formula is C22H30N2O5. The molecule has 2 fully saturated rings. The first-order valence-electron chi connectivity index (χ1n) is 10.4. The Bertz CT molecular complexity index is 803. The second-order valence-corrected chi connectivity index (χ2v) is 9.23. The molecule has 3 aliphatic rings. The van der Waals surface area contributed by atoms with Gasteiger partial charge in [-0.25, -0.2) is 9.59 Å². The van der Waals surface area contributed by atoms with Gasteiger partial charge in [-0.1, -0.05) is 12.1 Å². The third-order valence-electron chi connectivity index (χ3n) is 5.68. The fourth-order valence-electron chi connectivity index (χ4n) is 4.26. The molecule has 29 heavy (non-hydrogen) atoms. The number of nitrogens with zero attached hydrogens (tertiary/aromatic N) is 2. The lowest BCUT2D eigenvalue weighted by molar-refractivity contribution is -0.0906. The summed E-state index contributed by atoms with van der Waals surface area (Å²) in [6, 6.07) is 6.10. The average Bonchev–Trinajstić information content (AvgIpc) is 2.65. The Balaban J connectivity index is 1.40. The highest BCUT2D eigenvalue weighted by Crippen LogP contribution is 2.30. The van der Waals surface area contributed by atoms with Gasteiger partial charge in [-0.15, -0.1) is 0 Å². The molecule has 0 N–H and O–H groups in total. The predicted octanol–water partition coefficient (Wildman–Crippen LogP) is 2.78. The largest absolute Gasteiger partial charge is 0.459 e. The molecule has 1 amide bonds. The quantitative estimate of drug-likeness (QED) is 0.673. The molecule has 0 saturated carbocycles. The van der Waals surface area contributed by atoms with Gasteiger partial charge in [0.25, 0.3) is 0 Å². The van der Waals surface area contributed by atoms with E-state index in [4.69, 9.17) is 14.2 Å². The molecular weight excluding hydrogens is 372 g/mol. The van der Waals surface area contributed by atoms with Crippen molar-refractivity contribution in [2.24, 2.45) is 0 Å². The van der Waals surface area contributed by atoms with E-state index >= 15 is 0 Å².